The molecule has 2 aromatic rings. The average Bonchev–Trinajstić information content (AvgIpc) is 2.65. The summed E-state index contributed by atoms with van der Waals surface area (Å²) >= 11 is 2.87. The molecule has 1 aliphatic carbocycles. The molecule has 3 rings (SSSR count). The van der Waals surface area contributed by atoms with E-state index >= 15 is 0 Å². The van der Waals surface area contributed by atoms with Crippen molar-refractivity contribution in [1.29, 1.82) is 0 Å². The first-order chi connectivity index (χ1) is 6.34. The standard InChI is InChI=1S/C10H7O2Se/c13-8-5-7-2-1-6-3-4-11-9(6)10(7)12-8/h3-5H,1-2H2. The third-order valence-corrected chi connectivity index (χ3v) is 2.83. The number of aryl methyl sites for hydroxylation is 2. The predicted molar refractivity (Wildman–Crippen MR) is 49.2 cm³/mol. The molecule has 2 aromatic heterocycles. The first-order valence-electron chi connectivity index (χ1n) is 4.21. The van der Waals surface area contributed by atoms with Crippen LogP contribution in [0, 0.1) is 0 Å². The summed E-state index contributed by atoms with van der Waals surface area (Å²) in [6, 6.07) is 4.06. The van der Waals surface area contributed by atoms with Gasteiger partial charge in [-0.15, -0.1) is 0 Å². The molecule has 0 saturated heterocycles. The topological polar surface area (TPSA) is 26.3 Å². The van der Waals surface area contributed by atoms with Crippen molar-refractivity contribution >= 4 is 20.7 Å². The molecule has 0 bridgehead atoms. The van der Waals surface area contributed by atoms with Crippen LogP contribution in [0.25, 0.3) is 11.5 Å². The van der Waals surface area contributed by atoms with Crippen LogP contribution >= 0.6 is 0 Å². The van der Waals surface area contributed by atoms with Gasteiger partial charge in [-0.1, -0.05) is 0 Å². The summed E-state index contributed by atoms with van der Waals surface area (Å²) in [5.74, 6) is 1.81. The van der Waals surface area contributed by atoms with Gasteiger partial charge in [0.1, 0.15) is 0 Å². The van der Waals surface area contributed by atoms with E-state index in [-0.39, 0.29) is 0 Å². The summed E-state index contributed by atoms with van der Waals surface area (Å²) in [6.07, 6.45) is 3.83. The zero-order chi connectivity index (χ0) is 8.84. The first-order valence-corrected chi connectivity index (χ1v) is 5.07. The molecule has 3 heteroatoms. The van der Waals surface area contributed by atoms with E-state index in [1.807, 2.05) is 12.1 Å². The zero-order valence-corrected chi connectivity index (χ0v) is 8.58. The summed E-state index contributed by atoms with van der Waals surface area (Å²) in [5, 5.41) is 0. The Kier molecular flexibility index (Phi) is 1.46. The van der Waals surface area contributed by atoms with Crippen LogP contribution in [-0.4, -0.2) is 16.0 Å². The Labute approximate surface area is 83.7 Å². The van der Waals surface area contributed by atoms with Gasteiger partial charge in [0.05, 0.1) is 0 Å². The van der Waals surface area contributed by atoms with E-state index in [9.17, 15) is 0 Å². The van der Waals surface area contributed by atoms with Crippen molar-refractivity contribution < 1.29 is 8.83 Å². The van der Waals surface area contributed by atoms with Crippen LogP contribution in [0.1, 0.15) is 11.1 Å². The Balaban J connectivity index is 2.29. The van der Waals surface area contributed by atoms with Crippen LogP contribution in [0.5, 0.6) is 0 Å². The van der Waals surface area contributed by atoms with Crippen molar-refractivity contribution in [2.75, 3.05) is 0 Å². The molecule has 0 atom stereocenters. The third kappa shape index (κ3) is 1.01. The van der Waals surface area contributed by atoms with E-state index < -0.39 is 0 Å². The van der Waals surface area contributed by atoms with E-state index in [0.717, 1.165) is 29.0 Å². The van der Waals surface area contributed by atoms with E-state index in [4.69, 9.17) is 8.83 Å². The van der Waals surface area contributed by atoms with E-state index in [0.29, 0.717) is 0 Å². The van der Waals surface area contributed by atoms with Gasteiger partial charge in [-0.2, -0.15) is 0 Å². The van der Waals surface area contributed by atoms with Crippen molar-refractivity contribution in [3.8, 4) is 11.5 Å². The molecule has 0 N–H and O–H groups in total. The number of fused-ring (bicyclic) bond motifs is 3. The van der Waals surface area contributed by atoms with Crippen molar-refractivity contribution in [2.45, 2.75) is 12.8 Å². The number of rotatable bonds is 0. The summed E-state index contributed by atoms with van der Waals surface area (Å²) in [6.45, 7) is 0. The minimum absolute atomic E-state index is 0.842. The molecule has 1 radical (unpaired) electrons. The average molecular weight is 238 g/mol. The summed E-state index contributed by atoms with van der Waals surface area (Å²) in [4.78, 5) is 0. The number of hydrogen-bond donors (Lipinski definition) is 0. The van der Waals surface area contributed by atoms with Crippen LogP contribution in [0.3, 0.4) is 0 Å². The quantitative estimate of drug-likeness (QED) is 0.649. The van der Waals surface area contributed by atoms with Crippen LogP contribution in [0.4, 0.5) is 0 Å². The van der Waals surface area contributed by atoms with E-state index in [1.54, 1.807) is 6.26 Å². The molecule has 0 fully saturated rings. The second-order valence-corrected chi connectivity index (χ2v) is 4.04. The normalized spacial score (nSPS) is 13.8. The molecule has 0 spiro atoms. The molecular weight excluding hydrogens is 231 g/mol. The van der Waals surface area contributed by atoms with Gasteiger partial charge in [-0.25, -0.2) is 0 Å². The van der Waals surface area contributed by atoms with Crippen LogP contribution < -0.4 is 4.66 Å². The SMILES string of the molecule is [Se]c1cc2c(o1)-c1occc1CC2. The van der Waals surface area contributed by atoms with Crippen LogP contribution in [0.2, 0.25) is 0 Å². The second-order valence-electron chi connectivity index (χ2n) is 3.19. The van der Waals surface area contributed by atoms with Gasteiger partial charge in [0, 0.05) is 0 Å². The fourth-order valence-electron chi connectivity index (χ4n) is 1.78. The van der Waals surface area contributed by atoms with Gasteiger partial charge in [0.2, 0.25) is 0 Å². The Morgan fingerprint density at radius 2 is 2.00 bits per heavy atom. The van der Waals surface area contributed by atoms with Crippen molar-refractivity contribution in [2.24, 2.45) is 0 Å². The van der Waals surface area contributed by atoms with E-state index in [2.05, 4.69) is 16.0 Å². The van der Waals surface area contributed by atoms with Crippen molar-refractivity contribution in [3.05, 3.63) is 29.5 Å². The zero-order valence-electron chi connectivity index (χ0n) is 6.87. The Hall–Kier alpha value is -0.921. The predicted octanol–water partition coefficient (Wildman–Crippen LogP) is 1.43. The second kappa shape index (κ2) is 2.53. The molecule has 1 aliphatic rings. The van der Waals surface area contributed by atoms with Gasteiger partial charge in [0.15, 0.2) is 0 Å². The monoisotopic (exact) mass is 239 g/mol. The summed E-state index contributed by atoms with van der Waals surface area (Å²) < 4.78 is 11.8. The minimum atomic E-state index is 0.842. The fraction of sp³-hybridized carbons (Fsp3) is 0.200. The maximum absolute atomic E-state index is 5.54. The number of hydrogen-bond acceptors (Lipinski definition) is 2. The van der Waals surface area contributed by atoms with Crippen LogP contribution in [0.15, 0.2) is 27.2 Å². The van der Waals surface area contributed by atoms with Gasteiger partial charge in [-0.05, 0) is 0 Å². The van der Waals surface area contributed by atoms with Crippen molar-refractivity contribution in [1.82, 2.24) is 0 Å². The van der Waals surface area contributed by atoms with Gasteiger partial charge < -0.3 is 0 Å². The molecule has 0 unspecified atom stereocenters. The van der Waals surface area contributed by atoms with Gasteiger partial charge >= 0.3 is 83.4 Å². The summed E-state index contributed by atoms with van der Waals surface area (Å²) in [7, 11) is 0. The molecule has 0 amide bonds. The maximum atomic E-state index is 5.54. The summed E-state index contributed by atoms with van der Waals surface area (Å²) in [5.41, 5.74) is 2.50. The first kappa shape index (κ1) is 7.48. The van der Waals surface area contributed by atoms with E-state index in [1.165, 1.54) is 11.1 Å². The molecule has 0 aromatic carbocycles. The third-order valence-electron chi connectivity index (χ3n) is 2.40. The Morgan fingerprint density at radius 1 is 1.15 bits per heavy atom. The fourth-order valence-corrected chi connectivity index (χ4v) is 2.26. The molecule has 65 valence electrons. The molecule has 2 heterocycles. The molecule has 2 nitrogen and oxygen atoms in total. The Morgan fingerprint density at radius 3 is 2.92 bits per heavy atom. The molecule has 0 saturated carbocycles. The molecular formula is C10H7O2Se. The van der Waals surface area contributed by atoms with Gasteiger partial charge in [-0.3, -0.25) is 0 Å². The van der Waals surface area contributed by atoms with Crippen LogP contribution in [-0.2, 0) is 12.8 Å². The van der Waals surface area contributed by atoms with Crippen molar-refractivity contribution in [3.63, 3.8) is 0 Å². The number of furan rings is 2. The molecule has 0 aliphatic heterocycles. The van der Waals surface area contributed by atoms with Gasteiger partial charge in [0.25, 0.3) is 0 Å². The molecule has 13 heavy (non-hydrogen) atoms. The Bertz CT molecular complexity index is 453.